The molecule has 1 aliphatic heterocycles. The number of rotatable bonds is 2. The first kappa shape index (κ1) is 14.9. The van der Waals surface area contributed by atoms with Crippen molar-refractivity contribution >= 4 is 11.9 Å². The van der Waals surface area contributed by atoms with Crippen molar-refractivity contribution in [3.05, 3.63) is 34.9 Å². The van der Waals surface area contributed by atoms with Crippen LogP contribution in [-0.4, -0.2) is 28.4 Å². The van der Waals surface area contributed by atoms with Gasteiger partial charge in [0, 0.05) is 24.6 Å². The third-order valence-electron chi connectivity index (χ3n) is 4.74. The quantitative estimate of drug-likeness (QED) is 0.912. The summed E-state index contributed by atoms with van der Waals surface area (Å²) in [5, 5.41) is 9.00. The molecule has 118 valence electrons. The van der Waals surface area contributed by atoms with Crippen molar-refractivity contribution in [2.45, 2.75) is 32.2 Å². The zero-order chi connectivity index (χ0) is 15.9. The molecule has 3 rings (SSSR count). The third-order valence-corrected chi connectivity index (χ3v) is 4.74. The zero-order valence-corrected chi connectivity index (χ0v) is 12.0. The number of nitrogens with zero attached hydrogens (tertiary/aromatic N) is 1. The topological polar surface area (TPSA) is 57.6 Å². The average Bonchev–Trinajstić information content (AvgIpc) is 3.00. The molecule has 2 atom stereocenters. The lowest BCUT2D eigenvalue weighted by Gasteiger charge is -2.31. The molecule has 6 heteroatoms. The molecule has 1 heterocycles. The van der Waals surface area contributed by atoms with Gasteiger partial charge in [0.05, 0.1) is 5.92 Å². The second kappa shape index (κ2) is 5.66. The van der Waals surface area contributed by atoms with Crippen LogP contribution in [0.4, 0.5) is 8.78 Å². The van der Waals surface area contributed by atoms with E-state index in [4.69, 9.17) is 5.11 Å². The van der Waals surface area contributed by atoms with Crippen LogP contribution in [0.5, 0.6) is 0 Å². The molecule has 0 saturated heterocycles. The van der Waals surface area contributed by atoms with E-state index < -0.39 is 23.5 Å². The average molecular weight is 309 g/mol. The first-order chi connectivity index (χ1) is 10.5. The Hall–Kier alpha value is -1.98. The highest BCUT2D eigenvalue weighted by Crippen LogP contribution is 2.34. The Morgan fingerprint density at radius 3 is 2.36 bits per heavy atom. The van der Waals surface area contributed by atoms with E-state index in [2.05, 4.69) is 0 Å². The Bertz CT molecular complexity index is 632. The fourth-order valence-corrected chi connectivity index (χ4v) is 3.47. The fourth-order valence-electron chi connectivity index (χ4n) is 3.47. The van der Waals surface area contributed by atoms with Gasteiger partial charge in [-0.3, -0.25) is 9.59 Å². The van der Waals surface area contributed by atoms with Crippen molar-refractivity contribution in [3.63, 3.8) is 0 Å². The van der Waals surface area contributed by atoms with Crippen LogP contribution in [-0.2, 0) is 22.6 Å². The van der Waals surface area contributed by atoms with Crippen LogP contribution in [0.3, 0.4) is 0 Å². The smallest absolute Gasteiger partial charge is 0.306 e. The van der Waals surface area contributed by atoms with Gasteiger partial charge in [-0.25, -0.2) is 8.78 Å². The lowest BCUT2D eigenvalue weighted by molar-refractivity contribution is -0.141. The van der Waals surface area contributed by atoms with E-state index in [9.17, 15) is 18.4 Å². The minimum absolute atomic E-state index is 0.0615. The van der Waals surface area contributed by atoms with Gasteiger partial charge >= 0.3 is 5.97 Å². The van der Waals surface area contributed by atoms with Gasteiger partial charge in [0.15, 0.2) is 0 Å². The van der Waals surface area contributed by atoms with Crippen LogP contribution in [0, 0.1) is 23.5 Å². The SMILES string of the molecule is O=C(O)[C@@H]1CC[C@H](C(=O)N2CCc3c(F)ccc(F)c3C2)C1. The standard InChI is InChI=1S/C16H17F2NO3/c17-13-3-4-14(18)12-8-19(6-5-11(12)13)15(20)9-1-2-10(7-9)16(21)22/h3-4,9-10H,1-2,5-8H2,(H,21,22)/t9-,10+/m0/s1. The number of fused-ring (bicyclic) bond motifs is 1. The maximum atomic E-state index is 13.9. The number of carboxylic acids is 1. The van der Waals surface area contributed by atoms with Gasteiger partial charge in [0.25, 0.3) is 0 Å². The molecule has 1 N–H and O–H groups in total. The summed E-state index contributed by atoms with van der Waals surface area (Å²) in [6, 6.07) is 2.19. The van der Waals surface area contributed by atoms with E-state index in [1.807, 2.05) is 0 Å². The second-order valence-electron chi connectivity index (χ2n) is 6.04. The minimum Gasteiger partial charge on any atom is -0.481 e. The lowest BCUT2D eigenvalue weighted by Crippen LogP contribution is -2.40. The van der Waals surface area contributed by atoms with Crippen molar-refractivity contribution in [3.8, 4) is 0 Å². The highest BCUT2D eigenvalue weighted by Gasteiger charge is 2.37. The zero-order valence-electron chi connectivity index (χ0n) is 12.0. The Labute approximate surface area is 126 Å². The molecule has 4 nitrogen and oxygen atoms in total. The summed E-state index contributed by atoms with van der Waals surface area (Å²) < 4.78 is 27.5. The number of carbonyl (C=O) groups is 2. The number of hydrogen-bond donors (Lipinski definition) is 1. The number of amides is 1. The van der Waals surface area contributed by atoms with Crippen molar-refractivity contribution in [2.75, 3.05) is 6.54 Å². The van der Waals surface area contributed by atoms with Gasteiger partial charge in [-0.05, 0) is 43.4 Å². The molecule has 0 bridgehead atoms. The molecule has 1 saturated carbocycles. The minimum atomic E-state index is -0.868. The number of halogens is 2. The van der Waals surface area contributed by atoms with Crippen molar-refractivity contribution in [1.29, 1.82) is 0 Å². The van der Waals surface area contributed by atoms with Gasteiger partial charge < -0.3 is 10.0 Å². The second-order valence-corrected chi connectivity index (χ2v) is 6.04. The fraction of sp³-hybridized carbons (Fsp3) is 0.500. The summed E-state index contributed by atoms with van der Waals surface area (Å²) in [4.78, 5) is 25.0. The molecular weight excluding hydrogens is 292 g/mol. The Morgan fingerprint density at radius 2 is 1.73 bits per heavy atom. The largest absolute Gasteiger partial charge is 0.481 e. The molecule has 1 aromatic carbocycles. The van der Waals surface area contributed by atoms with Crippen molar-refractivity contribution in [2.24, 2.45) is 11.8 Å². The summed E-state index contributed by atoms with van der Waals surface area (Å²) in [6.45, 7) is 0.409. The van der Waals surface area contributed by atoms with Crippen LogP contribution < -0.4 is 0 Å². The Balaban J connectivity index is 1.74. The van der Waals surface area contributed by atoms with Crippen LogP contribution in [0.2, 0.25) is 0 Å². The molecular formula is C16H17F2NO3. The summed E-state index contributed by atoms with van der Waals surface area (Å²) in [5.41, 5.74) is 0.589. The molecule has 0 aromatic heterocycles. The Morgan fingerprint density at radius 1 is 1.09 bits per heavy atom. The van der Waals surface area contributed by atoms with Gasteiger partial charge in [-0.1, -0.05) is 0 Å². The van der Waals surface area contributed by atoms with E-state index in [1.165, 1.54) is 4.90 Å². The van der Waals surface area contributed by atoms with Gasteiger partial charge in [-0.2, -0.15) is 0 Å². The number of aliphatic carboxylic acids is 1. The van der Waals surface area contributed by atoms with Crippen molar-refractivity contribution in [1.82, 2.24) is 4.90 Å². The molecule has 22 heavy (non-hydrogen) atoms. The maximum Gasteiger partial charge on any atom is 0.306 e. The Kier molecular flexibility index (Phi) is 3.85. The van der Waals surface area contributed by atoms with Crippen LogP contribution >= 0.6 is 0 Å². The molecule has 0 radical (unpaired) electrons. The van der Waals surface area contributed by atoms with E-state index in [1.54, 1.807) is 0 Å². The monoisotopic (exact) mass is 309 g/mol. The van der Waals surface area contributed by atoms with Crippen LogP contribution in [0.15, 0.2) is 12.1 Å². The predicted molar refractivity (Wildman–Crippen MR) is 73.9 cm³/mol. The lowest BCUT2D eigenvalue weighted by atomic mass is 9.96. The van der Waals surface area contributed by atoms with E-state index in [-0.39, 0.29) is 23.9 Å². The number of carboxylic acid groups (broad SMARTS) is 1. The number of hydrogen-bond acceptors (Lipinski definition) is 2. The first-order valence-corrected chi connectivity index (χ1v) is 7.44. The highest BCUT2D eigenvalue weighted by molar-refractivity contribution is 5.81. The van der Waals surface area contributed by atoms with Crippen LogP contribution in [0.25, 0.3) is 0 Å². The van der Waals surface area contributed by atoms with Crippen molar-refractivity contribution < 1.29 is 23.5 Å². The van der Waals surface area contributed by atoms with E-state index in [0.717, 1.165) is 12.1 Å². The molecule has 1 aliphatic carbocycles. The van der Waals surface area contributed by atoms with Gasteiger partial charge in [0.2, 0.25) is 5.91 Å². The summed E-state index contributed by atoms with van der Waals surface area (Å²) in [5.74, 6) is -2.73. The van der Waals surface area contributed by atoms with Crippen LogP contribution in [0.1, 0.15) is 30.4 Å². The predicted octanol–water partition coefficient (Wildman–Crippen LogP) is 2.35. The van der Waals surface area contributed by atoms with E-state index in [0.29, 0.717) is 37.8 Å². The number of carbonyl (C=O) groups excluding carboxylic acids is 1. The van der Waals surface area contributed by atoms with Gasteiger partial charge in [0.1, 0.15) is 11.6 Å². The maximum absolute atomic E-state index is 13.9. The molecule has 1 amide bonds. The summed E-state index contributed by atoms with van der Waals surface area (Å²) in [7, 11) is 0. The normalized spacial score (nSPS) is 24.2. The first-order valence-electron chi connectivity index (χ1n) is 7.44. The van der Waals surface area contributed by atoms with Gasteiger partial charge in [-0.15, -0.1) is 0 Å². The molecule has 0 spiro atoms. The number of benzene rings is 1. The van der Waals surface area contributed by atoms with E-state index >= 15 is 0 Å². The summed E-state index contributed by atoms with van der Waals surface area (Å²) >= 11 is 0. The third kappa shape index (κ3) is 2.58. The molecule has 0 unspecified atom stereocenters. The molecule has 1 fully saturated rings. The molecule has 2 aliphatic rings. The molecule has 1 aromatic rings. The summed E-state index contributed by atoms with van der Waals surface area (Å²) in [6.07, 6.45) is 1.67. The highest BCUT2D eigenvalue weighted by atomic mass is 19.1.